The van der Waals surface area contributed by atoms with Crippen LogP contribution in [0.5, 0.6) is 0 Å². The molecule has 8 heavy (non-hydrogen) atoms. The lowest BCUT2D eigenvalue weighted by atomic mass is 10.9. The van der Waals surface area contributed by atoms with Crippen LogP contribution < -0.4 is 0 Å². The topological polar surface area (TPSA) is 59.3 Å². The molecule has 5 heteroatoms. The highest BCUT2D eigenvalue weighted by Gasteiger charge is 2.18. The number of hydrogen-bond acceptors (Lipinski definition) is 4. The van der Waals surface area contributed by atoms with Gasteiger partial charge in [-0.2, -0.15) is 0 Å². The summed E-state index contributed by atoms with van der Waals surface area (Å²) < 4.78 is 18.3. The molecule has 0 aromatic carbocycles. The molecular weight excluding hydrogens is 129 g/mol. The molecule has 0 amide bonds. The molecule has 0 aromatic heterocycles. The van der Waals surface area contributed by atoms with E-state index < -0.39 is 8.25 Å². The summed E-state index contributed by atoms with van der Waals surface area (Å²) >= 11 is 0. The molecule has 0 N–H and O–H groups in total. The lowest BCUT2D eigenvalue weighted by Gasteiger charge is -1.72. The van der Waals surface area contributed by atoms with Gasteiger partial charge in [0, 0.05) is 4.57 Å². The molecule has 44 valence electrons. The molecule has 0 aliphatic rings. The van der Waals surface area contributed by atoms with Gasteiger partial charge in [-0.05, 0) is 6.92 Å². The maximum Gasteiger partial charge on any atom is 0.761 e. The molecule has 0 radical (unpaired) electrons. The fourth-order valence-corrected chi connectivity index (χ4v) is 0.495. The van der Waals surface area contributed by atoms with E-state index in [1.54, 1.807) is 6.92 Å². The molecule has 0 aromatic rings. The first-order chi connectivity index (χ1) is 3.81. The number of rotatable bonds is 3. The van der Waals surface area contributed by atoms with Gasteiger partial charge in [0.15, 0.2) is 0 Å². The number of hydrogen-bond donors (Lipinski definition) is 0. The molecule has 0 spiro atoms. The van der Waals surface area contributed by atoms with Gasteiger partial charge in [0.2, 0.25) is 0 Å². The van der Waals surface area contributed by atoms with E-state index in [2.05, 4.69) is 9.05 Å². The molecule has 4 nitrogen and oxygen atoms in total. The third-order valence-corrected chi connectivity index (χ3v) is 1.05. The van der Waals surface area contributed by atoms with Crippen molar-refractivity contribution in [3.05, 3.63) is 0 Å². The van der Waals surface area contributed by atoms with Crippen molar-refractivity contribution in [2.75, 3.05) is 6.61 Å². The molecule has 0 aliphatic heterocycles. The van der Waals surface area contributed by atoms with E-state index in [0.29, 0.717) is 0 Å². The van der Waals surface area contributed by atoms with Gasteiger partial charge in [-0.15, -0.1) is 14.3 Å². The van der Waals surface area contributed by atoms with Crippen molar-refractivity contribution in [2.45, 2.75) is 6.92 Å². The van der Waals surface area contributed by atoms with Crippen LogP contribution >= 0.6 is 8.25 Å². The van der Waals surface area contributed by atoms with Crippen LogP contribution in [0.2, 0.25) is 0 Å². The Hall–Kier alpha value is -0.650. The molecule has 0 saturated heterocycles. The fourth-order valence-electron chi connectivity index (χ4n) is 0.165. The van der Waals surface area contributed by atoms with Gasteiger partial charge in [0.1, 0.15) is 6.61 Å². The minimum Gasteiger partial charge on any atom is -0.145 e. The van der Waals surface area contributed by atoms with Crippen molar-refractivity contribution in [1.82, 2.24) is 0 Å². The van der Waals surface area contributed by atoms with E-state index in [0.717, 1.165) is 0 Å². The average molecular weight is 134 g/mol. The summed E-state index contributed by atoms with van der Waals surface area (Å²) in [5.74, 6) is 0. The summed E-state index contributed by atoms with van der Waals surface area (Å²) in [6.45, 7) is 1.95. The summed E-state index contributed by atoms with van der Waals surface area (Å²) in [7, 11) is -2.19. The quantitative estimate of drug-likeness (QED) is 0.429. The van der Waals surface area contributed by atoms with Crippen LogP contribution in [-0.2, 0) is 13.6 Å². The van der Waals surface area contributed by atoms with Crippen molar-refractivity contribution in [2.24, 2.45) is 0 Å². The summed E-state index contributed by atoms with van der Waals surface area (Å²) in [6, 6.07) is 0. The van der Waals surface area contributed by atoms with Crippen LogP contribution in [-0.4, -0.2) is 6.61 Å². The Balaban J connectivity index is 3.23. The minimum absolute atomic E-state index is 0.289. The SMILES string of the molecule is CCO[P+](=O)OC#N. The van der Waals surface area contributed by atoms with Crippen molar-refractivity contribution < 1.29 is 13.6 Å². The van der Waals surface area contributed by atoms with Crippen LogP contribution in [0.4, 0.5) is 0 Å². The zero-order chi connectivity index (χ0) is 6.41. The highest BCUT2D eigenvalue weighted by Crippen LogP contribution is 2.21. The third-order valence-electron chi connectivity index (χ3n) is 0.350. The van der Waals surface area contributed by atoms with Gasteiger partial charge >= 0.3 is 14.5 Å². The van der Waals surface area contributed by atoms with E-state index in [4.69, 9.17) is 5.26 Å². The summed E-state index contributed by atoms with van der Waals surface area (Å²) in [5.41, 5.74) is 0. The molecule has 0 rings (SSSR count). The van der Waals surface area contributed by atoms with Gasteiger partial charge in [0.25, 0.3) is 0 Å². The zero-order valence-electron chi connectivity index (χ0n) is 4.33. The molecule has 0 aliphatic carbocycles. The lowest BCUT2D eigenvalue weighted by Crippen LogP contribution is -1.76. The molecule has 0 saturated carbocycles. The van der Waals surface area contributed by atoms with E-state index in [1.807, 2.05) is 0 Å². The molecular formula is C3H5NO3P+. The predicted octanol–water partition coefficient (Wildman–Crippen LogP) is 1.18. The van der Waals surface area contributed by atoms with Gasteiger partial charge in [-0.3, -0.25) is 0 Å². The monoisotopic (exact) mass is 134 g/mol. The summed E-state index contributed by atoms with van der Waals surface area (Å²) in [5, 5.41) is 7.73. The fraction of sp³-hybridized carbons (Fsp3) is 0.667. The Morgan fingerprint density at radius 3 is 2.88 bits per heavy atom. The van der Waals surface area contributed by atoms with Crippen LogP contribution in [0.15, 0.2) is 0 Å². The van der Waals surface area contributed by atoms with Crippen LogP contribution in [0, 0.1) is 11.5 Å². The maximum absolute atomic E-state index is 10.1. The van der Waals surface area contributed by atoms with Crippen LogP contribution in [0.25, 0.3) is 0 Å². The Labute approximate surface area is 48.0 Å². The summed E-state index contributed by atoms with van der Waals surface area (Å²) in [4.78, 5) is 0. The van der Waals surface area contributed by atoms with Gasteiger partial charge in [-0.1, -0.05) is 0 Å². The molecule has 0 heterocycles. The van der Waals surface area contributed by atoms with Crippen LogP contribution in [0.1, 0.15) is 6.92 Å². The Kier molecular flexibility index (Phi) is 4.14. The van der Waals surface area contributed by atoms with Gasteiger partial charge in [-0.25, -0.2) is 0 Å². The largest absolute Gasteiger partial charge is 0.761 e. The standard InChI is InChI=1S/C3H5NO3P/c1-2-6-8(5)7-3-4/h2H2,1H3/q+1. The molecule has 1 unspecified atom stereocenters. The molecule has 0 fully saturated rings. The highest BCUT2D eigenvalue weighted by molar-refractivity contribution is 7.33. The lowest BCUT2D eigenvalue weighted by molar-refractivity contribution is 0.291. The Bertz CT molecular complexity index is 118. The van der Waals surface area contributed by atoms with Crippen LogP contribution in [0.3, 0.4) is 0 Å². The molecule has 0 bridgehead atoms. The zero-order valence-corrected chi connectivity index (χ0v) is 5.22. The smallest absolute Gasteiger partial charge is 0.145 e. The minimum atomic E-state index is -2.19. The highest BCUT2D eigenvalue weighted by atomic mass is 31.1. The van der Waals surface area contributed by atoms with E-state index >= 15 is 0 Å². The predicted molar refractivity (Wildman–Crippen MR) is 25.9 cm³/mol. The van der Waals surface area contributed by atoms with Gasteiger partial charge < -0.3 is 0 Å². The van der Waals surface area contributed by atoms with Crippen molar-refractivity contribution >= 4 is 8.25 Å². The summed E-state index contributed by atoms with van der Waals surface area (Å²) in [6.07, 6.45) is 1.24. The van der Waals surface area contributed by atoms with Gasteiger partial charge in [0.05, 0.1) is 0 Å². The van der Waals surface area contributed by atoms with E-state index in [9.17, 15) is 4.57 Å². The van der Waals surface area contributed by atoms with Crippen molar-refractivity contribution in [3.8, 4) is 6.26 Å². The first-order valence-electron chi connectivity index (χ1n) is 1.97. The number of nitriles is 1. The van der Waals surface area contributed by atoms with E-state index in [1.165, 1.54) is 6.26 Å². The van der Waals surface area contributed by atoms with Crippen molar-refractivity contribution in [3.63, 3.8) is 0 Å². The number of nitrogens with zero attached hydrogens (tertiary/aromatic N) is 1. The van der Waals surface area contributed by atoms with E-state index in [-0.39, 0.29) is 6.61 Å². The second kappa shape index (κ2) is 4.51. The maximum atomic E-state index is 10.1. The average Bonchev–Trinajstić information content (AvgIpc) is 1.68. The first kappa shape index (κ1) is 7.35. The normalized spacial score (nSPS) is 9.75. The second-order valence-electron chi connectivity index (χ2n) is 0.824. The Morgan fingerprint density at radius 1 is 1.88 bits per heavy atom. The van der Waals surface area contributed by atoms with Crippen molar-refractivity contribution in [1.29, 1.82) is 5.26 Å². The molecule has 1 atom stereocenters. The first-order valence-corrected chi connectivity index (χ1v) is 3.07. The third kappa shape index (κ3) is 3.54. The Morgan fingerprint density at radius 2 is 2.50 bits per heavy atom. The second-order valence-corrected chi connectivity index (χ2v) is 1.71.